The molecule has 1 aromatic carbocycles. The first-order chi connectivity index (χ1) is 14.0. The minimum atomic E-state index is -4.59. The molecule has 6 nitrogen and oxygen atoms in total. The average Bonchev–Trinajstić information content (AvgIpc) is 3.20. The summed E-state index contributed by atoms with van der Waals surface area (Å²) in [6, 6.07) is 5.58. The van der Waals surface area contributed by atoms with Crippen molar-refractivity contribution in [3.8, 4) is 0 Å². The number of amides is 1. The summed E-state index contributed by atoms with van der Waals surface area (Å²) < 4.78 is 54.3. The lowest BCUT2D eigenvalue weighted by Crippen LogP contribution is -2.16. The maximum atomic E-state index is 13.1. The number of alkyl halides is 3. The van der Waals surface area contributed by atoms with Gasteiger partial charge in [-0.2, -0.15) is 23.4 Å². The van der Waals surface area contributed by atoms with E-state index >= 15 is 0 Å². The number of halogens is 6. The van der Waals surface area contributed by atoms with Crippen molar-refractivity contribution < 1.29 is 22.4 Å². The smallest absolute Gasteiger partial charge is 0.309 e. The van der Waals surface area contributed by atoms with Crippen LogP contribution in [-0.2, 0) is 24.1 Å². The molecule has 0 fully saturated rings. The molecular weight excluding hydrogens is 494 g/mol. The third-order valence-electron chi connectivity index (χ3n) is 4.21. The molecule has 0 saturated carbocycles. The van der Waals surface area contributed by atoms with Crippen LogP contribution in [0.25, 0.3) is 0 Å². The van der Waals surface area contributed by atoms with Crippen molar-refractivity contribution in [3.05, 3.63) is 62.7 Å². The van der Waals surface area contributed by atoms with Gasteiger partial charge in [0.15, 0.2) is 11.5 Å². The number of aryl methyl sites for hydroxylation is 1. The van der Waals surface area contributed by atoms with E-state index in [1.165, 1.54) is 29.8 Å². The van der Waals surface area contributed by atoms with E-state index in [1.807, 2.05) is 0 Å². The first-order valence-electron chi connectivity index (χ1n) is 8.62. The molecule has 1 N–H and O–H groups in total. The van der Waals surface area contributed by atoms with Crippen molar-refractivity contribution in [3.63, 3.8) is 0 Å². The predicted octanol–water partition coefficient (Wildman–Crippen LogP) is 5.04. The zero-order valence-corrected chi connectivity index (χ0v) is 17.8. The standard InChI is InChI=1S/C18H15BrClF4N5O/c1-10-16(19)17(18(22,23)24)27-29(10)7-5-15(30)25-14-4-6-28(26-14)9-11-2-3-12(21)8-13(11)20/h2-4,6,8H,5,7,9H2,1H3,(H,25,26,30). The molecule has 0 aliphatic rings. The lowest BCUT2D eigenvalue weighted by Gasteiger charge is -2.06. The number of carbonyl (C=O) groups is 1. The molecule has 0 bridgehead atoms. The molecule has 160 valence electrons. The molecule has 0 aliphatic heterocycles. The summed E-state index contributed by atoms with van der Waals surface area (Å²) in [6.45, 7) is 1.72. The minimum absolute atomic E-state index is 0.0295. The van der Waals surface area contributed by atoms with Crippen LogP contribution in [0.3, 0.4) is 0 Å². The van der Waals surface area contributed by atoms with Crippen LogP contribution in [0, 0.1) is 12.7 Å². The topological polar surface area (TPSA) is 64.7 Å². The van der Waals surface area contributed by atoms with Crippen molar-refractivity contribution in [2.75, 3.05) is 5.32 Å². The van der Waals surface area contributed by atoms with Crippen LogP contribution in [0.5, 0.6) is 0 Å². The second-order valence-electron chi connectivity index (χ2n) is 6.40. The van der Waals surface area contributed by atoms with Gasteiger partial charge in [-0.05, 0) is 40.5 Å². The number of carbonyl (C=O) groups excluding carboxylic acids is 1. The van der Waals surface area contributed by atoms with E-state index in [4.69, 9.17) is 11.6 Å². The maximum Gasteiger partial charge on any atom is 0.436 e. The number of aromatic nitrogens is 4. The molecule has 2 aromatic heterocycles. The summed E-state index contributed by atoms with van der Waals surface area (Å²) in [6.07, 6.45) is -3.07. The maximum absolute atomic E-state index is 13.1. The quantitative estimate of drug-likeness (QED) is 0.475. The lowest BCUT2D eigenvalue weighted by molar-refractivity contribution is -0.142. The Bertz CT molecular complexity index is 1080. The Kier molecular flexibility index (Phi) is 6.51. The van der Waals surface area contributed by atoms with E-state index in [1.54, 1.807) is 12.3 Å². The van der Waals surface area contributed by atoms with Crippen LogP contribution in [0.15, 0.2) is 34.9 Å². The Balaban J connectivity index is 1.59. The molecule has 0 unspecified atom stereocenters. The Hall–Kier alpha value is -2.40. The van der Waals surface area contributed by atoms with Crippen LogP contribution in [-0.4, -0.2) is 25.5 Å². The number of hydrogen-bond donors (Lipinski definition) is 1. The summed E-state index contributed by atoms with van der Waals surface area (Å²) in [4.78, 5) is 12.1. The normalized spacial score (nSPS) is 11.7. The van der Waals surface area contributed by atoms with E-state index in [2.05, 4.69) is 31.4 Å². The van der Waals surface area contributed by atoms with E-state index in [0.717, 1.165) is 4.68 Å². The van der Waals surface area contributed by atoms with Gasteiger partial charge in [-0.3, -0.25) is 14.2 Å². The molecule has 3 rings (SSSR count). The van der Waals surface area contributed by atoms with Gasteiger partial charge in [0, 0.05) is 23.7 Å². The molecule has 0 atom stereocenters. The van der Waals surface area contributed by atoms with Crippen LogP contribution in [0.4, 0.5) is 23.4 Å². The zero-order valence-electron chi connectivity index (χ0n) is 15.5. The molecule has 30 heavy (non-hydrogen) atoms. The van der Waals surface area contributed by atoms with Crippen LogP contribution < -0.4 is 5.32 Å². The minimum Gasteiger partial charge on any atom is -0.309 e. The van der Waals surface area contributed by atoms with E-state index in [9.17, 15) is 22.4 Å². The average molecular weight is 509 g/mol. The number of rotatable bonds is 6. The fourth-order valence-corrected chi connectivity index (χ4v) is 3.41. The zero-order chi connectivity index (χ0) is 22.1. The number of anilines is 1. The molecule has 3 aromatic rings. The third-order valence-corrected chi connectivity index (χ3v) is 5.51. The van der Waals surface area contributed by atoms with Gasteiger partial charge in [0.1, 0.15) is 5.82 Å². The van der Waals surface area contributed by atoms with E-state index in [-0.39, 0.29) is 40.5 Å². The second-order valence-corrected chi connectivity index (χ2v) is 7.60. The van der Waals surface area contributed by atoms with Crippen LogP contribution >= 0.6 is 27.5 Å². The van der Waals surface area contributed by atoms with Crippen molar-refractivity contribution >= 4 is 39.3 Å². The highest BCUT2D eigenvalue weighted by Crippen LogP contribution is 2.35. The van der Waals surface area contributed by atoms with Gasteiger partial charge in [0.2, 0.25) is 5.91 Å². The Morgan fingerprint density at radius 3 is 2.63 bits per heavy atom. The largest absolute Gasteiger partial charge is 0.436 e. The van der Waals surface area contributed by atoms with Gasteiger partial charge >= 0.3 is 6.18 Å². The van der Waals surface area contributed by atoms with Gasteiger partial charge in [-0.1, -0.05) is 17.7 Å². The highest BCUT2D eigenvalue weighted by atomic mass is 79.9. The molecular formula is C18H15BrClF4N5O. The van der Waals surface area contributed by atoms with Crippen LogP contribution in [0.1, 0.15) is 23.4 Å². The van der Waals surface area contributed by atoms with Gasteiger partial charge in [0.25, 0.3) is 0 Å². The summed E-state index contributed by atoms with van der Waals surface area (Å²) in [5, 5.41) is 10.6. The third kappa shape index (κ3) is 5.20. The van der Waals surface area contributed by atoms with E-state index in [0.29, 0.717) is 5.56 Å². The first-order valence-corrected chi connectivity index (χ1v) is 9.79. The van der Waals surface area contributed by atoms with Crippen molar-refractivity contribution in [1.82, 2.24) is 19.6 Å². The number of nitrogens with one attached hydrogen (secondary N) is 1. The molecule has 2 heterocycles. The number of hydrogen-bond acceptors (Lipinski definition) is 3. The lowest BCUT2D eigenvalue weighted by atomic mass is 10.2. The molecule has 0 radical (unpaired) electrons. The second kappa shape index (κ2) is 8.76. The van der Waals surface area contributed by atoms with Gasteiger partial charge in [0.05, 0.1) is 23.3 Å². The van der Waals surface area contributed by atoms with Gasteiger partial charge in [-0.25, -0.2) is 4.39 Å². The molecule has 0 spiro atoms. The summed E-state index contributed by atoms with van der Waals surface area (Å²) >= 11 is 8.88. The Morgan fingerprint density at radius 1 is 1.27 bits per heavy atom. The molecule has 0 aliphatic carbocycles. The van der Waals surface area contributed by atoms with Gasteiger partial charge in [-0.15, -0.1) is 0 Å². The molecule has 1 amide bonds. The first kappa shape index (κ1) is 22.3. The van der Waals surface area contributed by atoms with Crippen molar-refractivity contribution in [2.45, 2.75) is 32.6 Å². The monoisotopic (exact) mass is 507 g/mol. The Morgan fingerprint density at radius 2 is 2.00 bits per heavy atom. The molecule has 12 heteroatoms. The van der Waals surface area contributed by atoms with Crippen molar-refractivity contribution in [2.24, 2.45) is 0 Å². The fourth-order valence-electron chi connectivity index (χ4n) is 2.68. The fraction of sp³-hybridized carbons (Fsp3) is 0.278. The summed E-state index contributed by atoms with van der Waals surface area (Å²) in [5.41, 5.74) is -0.103. The SMILES string of the molecule is Cc1c(Br)c(C(F)(F)F)nn1CCC(=O)Nc1ccn(Cc2ccc(F)cc2Cl)n1. The Labute approximate surface area is 181 Å². The highest BCUT2D eigenvalue weighted by molar-refractivity contribution is 9.10. The summed E-state index contributed by atoms with van der Waals surface area (Å²) in [5.74, 6) is -0.605. The highest BCUT2D eigenvalue weighted by Gasteiger charge is 2.37. The predicted molar refractivity (Wildman–Crippen MR) is 106 cm³/mol. The van der Waals surface area contributed by atoms with Gasteiger partial charge < -0.3 is 5.32 Å². The summed E-state index contributed by atoms with van der Waals surface area (Å²) in [7, 11) is 0. The number of benzene rings is 1. The van der Waals surface area contributed by atoms with Crippen molar-refractivity contribution in [1.29, 1.82) is 0 Å². The van der Waals surface area contributed by atoms with Crippen LogP contribution in [0.2, 0.25) is 5.02 Å². The number of nitrogens with zero attached hydrogens (tertiary/aromatic N) is 4. The van der Waals surface area contributed by atoms with E-state index < -0.39 is 23.6 Å². The molecule has 0 saturated heterocycles.